The van der Waals surface area contributed by atoms with Gasteiger partial charge < -0.3 is 15.0 Å². The van der Waals surface area contributed by atoms with E-state index in [1.165, 1.54) is 24.3 Å². The fourth-order valence-electron chi connectivity index (χ4n) is 5.39. The average molecular weight is 536 g/mol. The van der Waals surface area contributed by atoms with Gasteiger partial charge in [-0.3, -0.25) is 4.90 Å². The lowest BCUT2D eigenvalue weighted by molar-refractivity contribution is 0.200. The average Bonchev–Trinajstić information content (AvgIpc) is 2.97. The first kappa shape index (κ1) is 28.6. The van der Waals surface area contributed by atoms with Crippen LogP contribution in [0.5, 0.6) is 5.75 Å². The molecule has 0 spiro atoms. The van der Waals surface area contributed by atoms with Crippen LogP contribution in [-0.2, 0) is 0 Å². The summed E-state index contributed by atoms with van der Waals surface area (Å²) in [5, 5.41) is 3.05. The first-order valence-corrected chi connectivity index (χ1v) is 13.9. The van der Waals surface area contributed by atoms with Crippen LogP contribution in [0.25, 0.3) is 0 Å². The van der Waals surface area contributed by atoms with E-state index in [0.29, 0.717) is 6.54 Å². The highest BCUT2D eigenvalue weighted by Crippen LogP contribution is 2.31. The Balaban J connectivity index is 1.36. The molecular weight excluding hydrogens is 496 g/mol. The highest BCUT2D eigenvalue weighted by Gasteiger charge is 2.29. The molecule has 0 aliphatic carbocycles. The number of ether oxygens (including phenoxy) is 1. The lowest BCUT2D eigenvalue weighted by Crippen LogP contribution is -2.51. The van der Waals surface area contributed by atoms with E-state index in [0.717, 1.165) is 74.3 Å². The first-order valence-electron chi connectivity index (χ1n) is 13.9. The Bertz CT molecular complexity index is 1120. The molecule has 39 heavy (non-hydrogen) atoms. The Morgan fingerprint density at radius 3 is 2.03 bits per heavy atom. The topological polar surface area (TPSA) is 44.8 Å². The molecule has 1 N–H and O–H groups in total. The summed E-state index contributed by atoms with van der Waals surface area (Å²) in [4.78, 5) is 17.5. The fraction of sp³-hybridized carbons (Fsp3) is 0.406. The molecule has 1 aliphatic heterocycles. The molecule has 0 saturated carbocycles. The normalized spacial score (nSPS) is 14.4. The second kappa shape index (κ2) is 14.1. The lowest BCUT2D eigenvalue weighted by atomic mass is 9.87. The zero-order valence-electron chi connectivity index (χ0n) is 22.9. The van der Waals surface area contributed by atoms with Crippen LogP contribution < -0.4 is 15.0 Å². The maximum atomic E-state index is 13.6. The molecule has 1 heterocycles. The number of benzene rings is 3. The summed E-state index contributed by atoms with van der Waals surface area (Å²) in [5.41, 5.74) is 2.95. The van der Waals surface area contributed by atoms with Crippen LogP contribution in [-0.4, -0.2) is 50.3 Å². The van der Waals surface area contributed by atoms with Gasteiger partial charge in [0.25, 0.3) is 0 Å². The highest BCUT2D eigenvalue weighted by atomic mass is 19.1. The molecule has 0 atom stereocenters. The number of piperidine rings is 1. The number of hydrogen-bond acceptors (Lipinski definition) is 3. The van der Waals surface area contributed by atoms with Crippen LogP contribution in [0.1, 0.15) is 56.1 Å². The SMILES string of the molecule is CCCNC(=O)N(c1ccc(OC)cc1)C1CCN(CCCC(c2ccc(F)cc2)c2ccc(F)cc2)CC1. The molecule has 0 radical (unpaired) electrons. The molecule has 2 amide bonds. The Labute approximate surface area is 230 Å². The summed E-state index contributed by atoms with van der Waals surface area (Å²) in [6.07, 6.45) is 4.52. The van der Waals surface area contributed by atoms with Crippen molar-refractivity contribution in [3.63, 3.8) is 0 Å². The van der Waals surface area contributed by atoms with E-state index < -0.39 is 0 Å². The number of rotatable bonds is 11. The number of carbonyl (C=O) groups excluding carboxylic acids is 1. The molecule has 3 aromatic rings. The molecule has 5 nitrogen and oxygen atoms in total. The van der Waals surface area contributed by atoms with Crippen LogP contribution in [0, 0.1) is 11.6 Å². The smallest absolute Gasteiger partial charge is 0.322 e. The molecule has 208 valence electrons. The Kier molecular flexibility index (Phi) is 10.3. The second-order valence-corrected chi connectivity index (χ2v) is 10.2. The van der Waals surface area contributed by atoms with Crippen molar-refractivity contribution < 1.29 is 18.3 Å². The van der Waals surface area contributed by atoms with Crippen molar-refractivity contribution >= 4 is 11.7 Å². The van der Waals surface area contributed by atoms with E-state index >= 15 is 0 Å². The van der Waals surface area contributed by atoms with Crippen molar-refractivity contribution in [1.82, 2.24) is 10.2 Å². The minimum Gasteiger partial charge on any atom is -0.497 e. The number of amides is 2. The van der Waals surface area contributed by atoms with E-state index in [2.05, 4.69) is 10.2 Å². The zero-order valence-corrected chi connectivity index (χ0v) is 22.9. The summed E-state index contributed by atoms with van der Waals surface area (Å²) in [5.74, 6) is 0.330. The number of carbonyl (C=O) groups is 1. The molecule has 1 fully saturated rings. The summed E-state index contributed by atoms with van der Waals surface area (Å²) in [6, 6.07) is 21.0. The minimum atomic E-state index is -0.258. The predicted molar refractivity (Wildman–Crippen MR) is 153 cm³/mol. The largest absolute Gasteiger partial charge is 0.497 e. The number of urea groups is 1. The van der Waals surface area contributed by atoms with Gasteiger partial charge in [-0.05, 0) is 98.3 Å². The molecule has 0 bridgehead atoms. The van der Waals surface area contributed by atoms with Gasteiger partial charge in [-0.1, -0.05) is 31.2 Å². The predicted octanol–water partition coefficient (Wildman–Crippen LogP) is 6.98. The number of hydrogen-bond donors (Lipinski definition) is 1. The Morgan fingerprint density at radius 1 is 0.949 bits per heavy atom. The third-order valence-corrected chi connectivity index (χ3v) is 7.53. The highest BCUT2D eigenvalue weighted by molar-refractivity contribution is 5.92. The first-order chi connectivity index (χ1) is 19.0. The van der Waals surface area contributed by atoms with Crippen molar-refractivity contribution in [1.29, 1.82) is 0 Å². The van der Waals surface area contributed by atoms with E-state index in [-0.39, 0.29) is 29.6 Å². The van der Waals surface area contributed by atoms with E-state index in [4.69, 9.17) is 4.74 Å². The van der Waals surface area contributed by atoms with Gasteiger partial charge in [-0.15, -0.1) is 0 Å². The molecule has 0 unspecified atom stereocenters. The number of likely N-dealkylation sites (tertiary alicyclic amines) is 1. The fourth-order valence-corrected chi connectivity index (χ4v) is 5.39. The third kappa shape index (κ3) is 7.79. The van der Waals surface area contributed by atoms with Gasteiger partial charge in [0, 0.05) is 37.3 Å². The monoisotopic (exact) mass is 535 g/mol. The number of methoxy groups -OCH3 is 1. The minimum absolute atomic E-state index is 0.0538. The number of anilines is 1. The van der Waals surface area contributed by atoms with E-state index in [9.17, 15) is 13.6 Å². The van der Waals surface area contributed by atoms with Crippen LogP contribution >= 0.6 is 0 Å². The van der Waals surface area contributed by atoms with Crippen LogP contribution in [0.2, 0.25) is 0 Å². The van der Waals surface area contributed by atoms with Gasteiger partial charge >= 0.3 is 6.03 Å². The Hall–Kier alpha value is -3.45. The summed E-state index contributed by atoms with van der Waals surface area (Å²) < 4.78 is 32.4. The molecule has 4 rings (SSSR count). The van der Waals surface area contributed by atoms with Crippen molar-refractivity contribution in [3.8, 4) is 5.75 Å². The maximum absolute atomic E-state index is 13.6. The standard InChI is InChI=1S/C32H39F2N3O2/c1-3-20-35-32(38)37(28-14-16-30(39-2)17-15-28)29-18-22-36(23-19-29)21-4-5-31(24-6-10-26(33)11-7-24)25-8-12-27(34)13-9-25/h6-17,29,31H,3-5,18-23H2,1-2H3,(H,35,38). The summed E-state index contributed by atoms with van der Waals surface area (Å²) in [6.45, 7) is 5.46. The number of nitrogens with one attached hydrogen (secondary N) is 1. The van der Waals surface area contributed by atoms with E-state index in [1.807, 2.05) is 60.4 Å². The summed E-state index contributed by atoms with van der Waals surface area (Å²) >= 11 is 0. The zero-order chi connectivity index (χ0) is 27.6. The second-order valence-electron chi connectivity index (χ2n) is 10.2. The van der Waals surface area contributed by atoms with Gasteiger partial charge in [0.05, 0.1) is 7.11 Å². The molecule has 3 aromatic carbocycles. The van der Waals surface area contributed by atoms with Crippen molar-refractivity contribution in [2.75, 3.05) is 38.2 Å². The van der Waals surface area contributed by atoms with Crippen LogP contribution in [0.4, 0.5) is 19.3 Å². The van der Waals surface area contributed by atoms with Gasteiger partial charge in [0.2, 0.25) is 0 Å². The quantitative estimate of drug-likeness (QED) is 0.288. The van der Waals surface area contributed by atoms with Crippen molar-refractivity contribution in [3.05, 3.63) is 95.6 Å². The van der Waals surface area contributed by atoms with Gasteiger partial charge in [0.1, 0.15) is 17.4 Å². The van der Waals surface area contributed by atoms with Gasteiger partial charge in [0.15, 0.2) is 0 Å². The van der Waals surface area contributed by atoms with E-state index in [1.54, 1.807) is 7.11 Å². The molecule has 7 heteroatoms. The van der Waals surface area contributed by atoms with Gasteiger partial charge in [-0.25, -0.2) is 13.6 Å². The van der Waals surface area contributed by atoms with Crippen molar-refractivity contribution in [2.24, 2.45) is 0 Å². The molecule has 1 saturated heterocycles. The summed E-state index contributed by atoms with van der Waals surface area (Å²) in [7, 11) is 1.64. The molecular formula is C32H39F2N3O2. The molecule has 0 aromatic heterocycles. The van der Waals surface area contributed by atoms with Gasteiger partial charge in [-0.2, -0.15) is 0 Å². The lowest BCUT2D eigenvalue weighted by Gasteiger charge is -2.38. The number of nitrogens with zero attached hydrogens (tertiary/aromatic N) is 2. The molecule has 1 aliphatic rings. The van der Waals surface area contributed by atoms with Crippen LogP contribution in [0.3, 0.4) is 0 Å². The van der Waals surface area contributed by atoms with Crippen LogP contribution in [0.15, 0.2) is 72.8 Å². The Morgan fingerprint density at radius 2 is 1.51 bits per heavy atom. The maximum Gasteiger partial charge on any atom is 0.322 e. The third-order valence-electron chi connectivity index (χ3n) is 7.53. The van der Waals surface area contributed by atoms with Crippen molar-refractivity contribution in [2.45, 2.75) is 51.0 Å². The number of halogens is 2.